The van der Waals surface area contributed by atoms with Crippen LogP contribution in [0.2, 0.25) is 5.02 Å². The molecule has 192 valence electrons. The second-order valence-corrected chi connectivity index (χ2v) is 10.3. The van der Waals surface area contributed by atoms with Gasteiger partial charge in [0, 0.05) is 23.4 Å². The fourth-order valence-electron chi connectivity index (χ4n) is 3.88. The van der Waals surface area contributed by atoms with E-state index in [2.05, 4.69) is 14.8 Å². The van der Waals surface area contributed by atoms with Gasteiger partial charge >= 0.3 is 6.36 Å². The molecule has 0 aromatic heterocycles. The summed E-state index contributed by atoms with van der Waals surface area (Å²) in [5, 5.41) is 13.3. The lowest BCUT2D eigenvalue weighted by Crippen LogP contribution is -2.54. The zero-order chi connectivity index (χ0) is 25.8. The van der Waals surface area contributed by atoms with Crippen molar-refractivity contribution in [2.24, 2.45) is 0 Å². The molecule has 0 saturated carbocycles. The highest BCUT2D eigenvalue weighted by atomic mass is 35.5. The molecule has 0 aliphatic carbocycles. The van der Waals surface area contributed by atoms with E-state index in [-0.39, 0.29) is 22.7 Å². The highest BCUT2D eigenvalue weighted by Gasteiger charge is 2.34. The van der Waals surface area contributed by atoms with Crippen molar-refractivity contribution in [3.05, 3.63) is 47.5 Å². The second kappa shape index (κ2) is 11.1. The number of likely N-dealkylation sites (tertiary alicyclic amines) is 1. The minimum Gasteiger partial charge on any atom is -0.405 e. The summed E-state index contributed by atoms with van der Waals surface area (Å²) >= 11 is 6.34. The van der Waals surface area contributed by atoms with Crippen molar-refractivity contribution >= 4 is 33.2 Å². The van der Waals surface area contributed by atoms with Crippen LogP contribution in [0.5, 0.6) is 5.75 Å². The number of halogens is 4. The number of rotatable bonds is 8. The number of carbonyl (C=O) groups excluding carboxylic acids is 1. The first-order valence-electron chi connectivity index (χ1n) is 10.7. The average Bonchev–Trinajstić information content (AvgIpc) is 2.77. The number of aliphatic hydroxyl groups excluding tert-OH is 1. The van der Waals surface area contributed by atoms with Crippen molar-refractivity contribution in [1.29, 1.82) is 0 Å². The Morgan fingerprint density at radius 2 is 1.94 bits per heavy atom. The van der Waals surface area contributed by atoms with E-state index in [1.165, 1.54) is 41.3 Å². The summed E-state index contributed by atoms with van der Waals surface area (Å²) in [5.74, 6) is -0.832. The van der Waals surface area contributed by atoms with Crippen molar-refractivity contribution in [2.75, 3.05) is 24.7 Å². The molecule has 2 aromatic carbocycles. The number of ether oxygens (including phenoxy) is 1. The normalized spacial score (nSPS) is 18.2. The molecule has 1 fully saturated rings. The number of para-hydroxylation sites is 1. The van der Waals surface area contributed by atoms with E-state index in [1.807, 2.05) is 0 Å². The van der Waals surface area contributed by atoms with Crippen molar-refractivity contribution in [3.63, 3.8) is 0 Å². The number of benzene rings is 2. The third-order valence-electron chi connectivity index (χ3n) is 5.40. The van der Waals surface area contributed by atoms with Crippen LogP contribution in [0, 0.1) is 0 Å². The number of hydrogen-bond donors (Lipinski definition) is 3. The van der Waals surface area contributed by atoms with Gasteiger partial charge in [0.15, 0.2) is 0 Å². The fraction of sp³-hybridized carbons (Fsp3) is 0.409. The van der Waals surface area contributed by atoms with Crippen LogP contribution in [-0.4, -0.2) is 62.3 Å². The Kier molecular flexibility index (Phi) is 8.65. The van der Waals surface area contributed by atoms with Crippen LogP contribution < -0.4 is 14.8 Å². The number of alkyl halides is 3. The summed E-state index contributed by atoms with van der Waals surface area (Å²) in [4.78, 5) is 14.5. The maximum atomic E-state index is 13.0. The van der Waals surface area contributed by atoms with Crippen LogP contribution in [0.1, 0.15) is 19.3 Å². The number of anilines is 1. The van der Waals surface area contributed by atoms with Crippen molar-refractivity contribution in [2.45, 2.75) is 37.9 Å². The molecule has 2 unspecified atom stereocenters. The Morgan fingerprint density at radius 3 is 2.60 bits per heavy atom. The number of nitrogens with one attached hydrogen (secondary N) is 2. The average molecular weight is 536 g/mol. The molecule has 3 rings (SSSR count). The lowest BCUT2D eigenvalue weighted by molar-refractivity contribution is -0.274. The standard InChI is InChI=1S/C22H25ClF3N3O5S/c1-35(32,33)27-13-20(30)29-11-5-4-7-18(29)21(31)28-14-9-10-15(17(23)12-14)16-6-2-3-8-19(16)34-22(24,25)26/h2-3,6,8-10,12,18,20,27,30H,4-5,7,11,13H2,1H3,(H,28,31). The van der Waals surface area contributed by atoms with Gasteiger partial charge in [-0.15, -0.1) is 13.2 Å². The number of nitrogens with zero attached hydrogens (tertiary/aromatic N) is 1. The second-order valence-electron chi connectivity index (χ2n) is 8.08. The molecule has 1 aliphatic heterocycles. The number of sulfonamides is 1. The molecule has 35 heavy (non-hydrogen) atoms. The molecular weight excluding hydrogens is 511 g/mol. The Hall–Kier alpha value is -2.38. The summed E-state index contributed by atoms with van der Waals surface area (Å²) in [6, 6.07) is 9.24. The predicted molar refractivity (Wildman–Crippen MR) is 125 cm³/mol. The summed E-state index contributed by atoms with van der Waals surface area (Å²) in [6.07, 6.45) is -3.16. The molecule has 3 N–H and O–H groups in total. The van der Waals surface area contributed by atoms with Gasteiger partial charge in [-0.25, -0.2) is 13.1 Å². The van der Waals surface area contributed by atoms with E-state index in [0.717, 1.165) is 19.1 Å². The zero-order valence-corrected chi connectivity index (χ0v) is 20.3. The first kappa shape index (κ1) is 27.2. The molecule has 1 amide bonds. The van der Waals surface area contributed by atoms with Crippen LogP contribution in [0.15, 0.2) is 42.5 Å². The van der Waals surface area contributed by atoms with E-state index >= 15 is 0 Å². The molecule has 0 bridgehead atoms. The van der Waals surface area contributed by atoms with Gasteiger partial charge in [0.05, 0.1) is 23.9 Å². The van der Waals surface area contributed by atoms with Gasteiger partial charge in [0.25, 0.3) is 0 Å². The van der Waals surface area contributed by atoms with Crippen LogP contribution in [0.3, 0.4) is 0 Å². The minimum atomic E-state index is -4.87. The molecule has 2 atom stereocenters. The van der Waals surface area contributed by atoms with Gasteiger partial charge in [-0.05, 0) is 31.0 Å². The van der Waals surface area contributed by atoms with E-state index in [0.29, 0.717) is 18.7 Å². The van der Waals surface area contributed by atoms with Gasteiger partial charge in [-0.1, -0.05) is 42.3 Å². The lowest BCUT2D eigenvalue weighted by atomic mass is 10.0. The molecule has 0 spiro atoms. The van der Waals surface area contributed by atoms with Crippen LogP contribution in [0.4, 0.5) is 18.9 Å². The van der Waals surface area contributed by atoms with Crippen LogP contribution >= 0.6 is 11.6 Å². The van der Waals surface area contributed by atoms with Crippen LogP contribution in [0.25, 0.3) is 11.1 Å². The Labute approximate surface area is 206 Å². The maximum Gasteiger partial charge on any atom is 0.573 e. The summed E-state index contributed by atoms with van der Waals surface area (Å²) < 4.78 is 67.3. The molecule has 0 radical (unpaired) electrons. The Morgan fingerprint density at radius 1 is 1.23 bits per heavy atom. The van der Waals surface area contributed by atoms with Crippen LogP contribution in [-0.2, 0) is 14.8 Å². The third-order valence-corrected chi connectivity index (χ3v) is 6.40. The van der Waals surface area contributed by atoms with E-state index in [1.54, 1.807) is 6.07 Å². The van der Waals surface area contributed by atoms with E-state index < -0.39 is 40.3 Å². The summed E-state index contributed by atoms with van der Waals surface area (Å²) in [6.45, 7) is 0.142. The largest absolute Gasteiger partial charge is 0.573 e. The number of aliphatic hydroxyl groups is 1. The number of piperidine rings is 1. The summed E-state index contributed by atoms with van der Waals surface area (Å²) in [5.41, 5.74) is 0.728. The zero-order valence-electron chi connectivity index (χ0n) is 18.7. The van der Waals surface area contributed by atoms with Crippen molar-refractivity contribution in [1.82, 2.24) is 9.62 Å². The summed E-state index contributed by atoms with van der Waals surface area (Å²) in [7, 11) is -3.51. The highest BCUT2D eigenvalue weighted by molar-refractivity contribution is 7.88. The monoisotopic (exact) mass is 535 g/mol. The van der Waals surface area contributed by atoms with Gasteiger partial charge in [-0.2, -0.15) is 0 Å². The van der Waals surface area contributed by atoms with Gasteiger partial charge in [0.2, 0.25) is 15.9 Å². The predicted octanol–water partition coefficient (Wildman–Crippen LogP) is 3.57. The number of carbonyl (C=O) groups is 1. The van der Waals surface area contributed by atoms with Gasteiger partial charge in [0.1, 0.15) is 12.0 Å². The smallest absolute Gasteiger partial charge is 0.405 e. The topological polar surface area (TPSA) is 108 Å². The molecule has 1 heterocycles. The third kappa shape index (κ3) is 7.80. The molecule has 2 aromatic rings. The van der Waals surface area contributed by atoms with Crippen molar-refractivity contribution in [3.8, 4) is 16.9 Å². The van der Waals surface area contributed by atoms with E-state index in [9.17, 15) is 31.5 Å². The van der Waals surface area contributed by atoms with Gasteiger partial charge in [-0.3, -0.25) is 9.69 Å². The Balaban J connectivity index is 1.75. The highest BCUT2D eigenvalue weighted by Crippen LogP contribution is 2.38. The Bertz CT molecular complexity index is 1160. The maximum absolute atomic E-state index is 13.0. The molecular formula is C22H25ClF3N3O5S. The lowest BCUT2D eigenvalue weighted by Gasteiger charge is -2.37. The quantitative estimate of drug-likeness (QED) is 0.477. The minimum absolute atomic E-state index is 0.0962. The first-order chi connectivity index (χ1) is 16.3. The molecule has 1 saturated heterocycles. The SMILES string of the molecule is CS(=O)(=O)NCC(O)N1CCCCC1C(=O)Nc1ccc(-c2ccccc2OC(F)(F)F)c(Cl)c1. The number of amides is 1. The molecule has 1 aliphatic rings. The first-order valence-corrected chi connectivity index (χ1v) is 12.9. The molecule has 13 heteroatoms. The number of hydrogen-bond acceptors (Lipinski definition) is 6. The van der Waals surface area contributed by atoms with E-state index in [4.69, 9.17) is 11.6 Å². The van der Waals surface area contributed by atoms with Crippen molar-refractivity contribution < 1.29 is 36.2 Å². The molecule has 8 nitrogen and oxygen atoms in total. The van der Waals surface area contributed by atoms with Gasteiger partial charge < -0.3 is 15.2 Å². The fourth-order valence-corrected chi connectivity index (χ4v) is 4.61.